The Morgan fingerprint density at radius 3 is 2.53 bits per heavy atom. The van der Waals surface area contributed by atoms with Crippen molar-refractivity contribution < 1.29 is 9.18 Å². The fraction of sp³-hybridized carbons (Fsp3) is 0.423. The number of halogens is 1. The summed E-state index contributed by atoms with van der Waals surface area (Å²) in [4.78, 5) is 15.0. The van der Waals surface area contributed by atoms with Gasteiger partial charge in [-0.2, -0.15) is 0 Å². The van der Waals surface area contributed by atoms with Crippen molar-refractivity contribution in [1.82, 2.24) is 25.0 Å². The third kappa shape index (κ3) is 6.90. The van der Waals surface area contributed by atoms with Crippen molar-refractivity contribution in [2.45, 2.75) is 56.8 Å². The fourth-order valence-electron chi connectivity index (χ4n) is 4.21. The van der Waals surface area contributed by atoms with E-state index >= 15 is 0 Å². The molecule has 2 heterocycles. The zero-order valence-electron chi connectivity index (χ0n) is 19.6. The Morgan fingerprint density at radius 1 is 1.06 bits per heavy atom. The van der Waals surface area contributed by atoms with E-state index in [1.807, 2.05) is 29.7 Å². The number of likely N-dealkylation sites (tertiary alicyclic amines) is 1. The topological polar surface area (TPSA) is 63.1 Å². The van der Waals surface area contributed by atoms with Crippen molar-refractivity contribution in [3.05, 3.63) is 71.8 Å². The minimum absolute atomic E-state index is 0.0307. The molecule has 1 unspecified atom stereocenters. The predicted octanol–water partition coefficient (Wildman–Crippen LogP) is 4.62. The molecule has 0 spiro atoms. The van der Waals surface area contributed by atoms with E-state index in [-0.39, 0.29) is 23.5 Å². The maximum atomic E-state index is 13.5. The van der Waals surface area contributed by atoms with Crippen LogP contribution in [0.15, 0.2) is 59.8 Å². The Morgan fingerprint density at radius 2 is 1.79 bits per heavy atom. The van der Waals surface area contributed by atoms with Gasteiger partial charge in [0, 0.05) is 11.7 Å². The molecule has 4 rings (SSSR count). The first-order chi connectivity index (χ1) is 16.6. The standard InChI is InChI=1S/C26H32FN5OS/c1-20(10-11-21-8-4-2-5-9-21)28-25(33)19-34-26-30-29-24(18-31-16-6-3-7-17-31)32(26)23-14-12-22(27)13-15-23/h2,4-5,8-9,12-15,20H,3,6-7,10-11,16-19H2,1H3,(H,28,33). The average molecular weight is 482 g/mol. The fourth-order valence-corrected chi connectivity index (χ4v) is 4.99. The number of piperidine rings is 1. The summed E-state index contributed by atoms with van der Waals surface area (Å²) in [6, 6.07) is 16.7. The minimum Gasteiger partial charge on any atom is -0.353 e. The number of amides is 1. The third-order valence-corrected chi connectivity index (χ3v) is 6.98. The van der Waals surface area contributed by atoms with Crippen molar-refractivity contribution in [2.24, 2.45) is 0 Å². The number of carbonyl (C=O) groups is 1. The van der Waals surface area contributed by atoms with Gasteiger partial charge in [-0.15, -0.1) is 10.2 Å². The average Bonchev–Trinajstić information content (AvgIpc) is 3.25. The quantitative estimate of drug-likeness (QED) is 0.428. The highest BCUT2D eigenvalue weighted by Gasteiger charge is 2.20. The molecule has 34 heavy (non-hydrogen) atoms. The summed E-state index contributed by atoms with van der Waals surface area (Å²) in [5.74, 6) is 0.746. The zero-order chi connectivity index (χ0) is 23.8. The van der Waals surface area contributed by atoms with Crippen LogP contribution in [0.25, 0.3) is 5.69 Å². The summed E-state index contributed by atoms with van der Waals surface area (Å²) < 4.78 is 15.5. The van der Waals surface area contributed by atoms with Crippen molar-refractivity contribution in [3.63, 3.8) is 0 Å². The highest BCUT2D eigenvalue weighted by Crippen LogP contribution is 2.24. The van der Waals surface area contributed by atoms with Gasteiger partial charge >= 0.3 is 0 Å². The molecular formula is C26H32FN5OS. The molecule has 1 N–H and O–H groups in total. The van der Waals surface area contributed by atoms with Crippen LogP contribution in [0.1, 0.15) is 44.0 Å². The summed E-state index contributed by atoms with van der Waals surface area (Å²) in [7, 11) is 0. The number of thioether (sulfide) groups is 1. The second-order valence-electron chi connectivity index (χ2n) is 8.83. The molecule has 1 fully saturated rings. The van der Waals surface area contributed by atoms with E-state index in [9.17, 15) is 9.18 Å². The van der Waals surface area contributed by atoms with Crippen LogP contribution in [0.5, 0.6) is 0 Å². The lowest BCUT2D eigenvalue weighted by molar-refractivity contribution is -0.119. The van der Waals surface area contributed by atoms with Gasteiger partial charge in [0.1, 0.15) is 5.82 Å². The Kier molecular flexibility index (Phi) is 8.71. The first-order valence-corrected chi connectivity index (χ1v) is 13.0. The highest BCUT2D eigenvalue weighted by molar-refractivity contribution is 7.99. The van der Waals surface area contributed by atoms with Gasteiger partial charge < -0.3 is 5.32 Å². The predicted molar refractivity (Wildman–Crippen MR) is 134 cm³/mol. The molecule has 1 amide bonds. The van der Waals surface area contributed by atoms with E-state index in [2.05, 4.69) is 32.5 Å². The van der Waals surface area contributed by atoms with Crippen molar-refractivity contribution in [3.8, 4) is 5.69 Å². The number of aromatic nitrogens is 3. The smallest absolute Gasteiger partial charge is 0.230 e. The number of carbonyl (C=O) groups excluding carboxylic acids is 1. The molecule has 0 radical (unpaired) electrons. The molecule has 0 bridgehead atoms. The number of benzene rings is 2. The van der Waals surface area contributed by atoms with Crippen LogP contribution in [-0.4, -0.2) is 50.5 Å². The van der Waals surface area contributed by atoms with Crippen LogP contribution in [0.2, 0.25) is 0 Å². The normalized spacial score (nSPS) is 15.2. The highest BCUT2D eigenvalue weighted by atomic mass is 32.2. The van der Waals surface area contributed by atoms with Gasteiger partial charge in [-0.25, -0.2) is 4.39 Å². The molecule has 8 heteroatoms. The molecule has 0 aliphatic carbocycles. The minimum atomic E-state index is -0.285. The number of hydrogen-bond acceptors (Lipinski definition) is 5. The van der Waals surface area contributed by atoms with Crippen LogP contribution in [0, 0.1) is 5.82 Å². The summed E-state index contributed by atoms with van der Waals surface area (Å²) in [5.41, 5.74) is 2.07. The van der Waals surface area contributed by atoms with Crippen LogP contribution in [-0.2, 0) is 17.8 Å². The van der Waals surface area contributed by atoms with E-state index in [0.717, 1.165) is 37.4 Å². The largest absolute Gasteiger partial charge is 0.353 e. The molecule has 180 valence electrons. The van der Waals surface area contributed by atoms with Gasteiger partial charge in [-0.05, 0) is 75.5 Å². The van der Waals surface area contributed by atoms with Crippen LogP contribution in [0.3, 0.4) is 0 Å². The maximum Gasteiger partial charge on any atom is 0.230 e. The molecule has 6 nitrogen and oxygen atoms in total. The lowest BCUT2D eigenvalue weighted by atomic mass is 10.1. The summed E-state index contributed by atoms with van der Waals surface area (Å²) in [6.07, 6.45) is 5.45. The van der Waals surface area contributed by atoms with Gasteiger partial charge in [-0.3, -0.25) is 14.3 Å². The SMILES string of the molecule is CC(CCc1ccccc1)NC(=O)CSc1nnc(CN2CCCCC2)n1-c1ccc(F)cc1. The molecule has 3 aromatic rings. The molecule has 1 aromatic heterocycles. The van der Waals surface area contributed by atoms with Crippen LogP contribution in [0.4, 0.5) is 4.39 Å². The van der Waals surface area contributed by atoms with E-state index in [1.165, 1.54) is 48.7 Å². The lowest BCUT2D eigenvalue weighted by Gasteiger charge is -2.26. The molecule has 1 aliphatic heterocycles. The Balaban J connectivity index is 1.38. The van der Waals surface area contributed by atoms with Gasteiger partial charge in [0.05, 0.1) is 12.3 Å². The number of aryl methyl sites for hydroxylation is 1. The Bertz CT molecular complexity index is 1050. The van der Waals surface area contributed by atoms with Crippen molar-refractivity contribution in [2.75, 3.05) is 18.8 Å². The monoisotopic (exact) mass is 481 g/mol. The maximum absolute atomic E-state index is 13.5. The lowest BCUT2D eigenvalue weighted by Crippen LogP contribution is -2.34. The first-order valence-electron chi connectivity index (χ1n) is 12.0. The molecular weight excluding hydrogens is 449 g/mol. The second kappa shape index (κ2) is 12.1. The van der Waals surface area contributed by atoms with E-state index < -0.39 is 0 Å². The summed E-state index contributed by atoms with van der Waals surface area (Å²) in [6.45, 7) is 4.81. The van der Waals surface area contributed by atoms with Crippen molar-refractivity contribution >= 4 is 17.7 Å². The molecule has 0 saturated carbocycles. The van der Waals surface area contributed by atoms with E-state index in [4.69, 9.17) is 0 Å². The second-order valence-corrected chi connectivity index (χ2v) is 9.77. The summed E-state index contributed by atoms with van der Waals surface area (Å²) >= 11 is 1.36. The summed E-state index contributed by atoms with van der Waals surface area (Å²) in [5, 5.41) is 12.5. The van der Waals surface area contributed by atoms with Crippen LogP contribution < -0.4 is 5.32 Å². The molecule has 2 aromatic carbocycles. The Hall–Kier alpha value is -2.71. The Labute approximate surface area is 205 Å². The van der Waals surface area contributed by atoms with Crippen LogP contribution >= 0.6 is 11.8 Å². The number of hydrogen-bond donors (Lipinski definition) is 1. The first kappa shape index (κ1) is 24.4. The van der Waals surface area contributed by atoms with E-state index in [1.54, 1.807) is 12.1 Å². The molecule has 1 atom stereocenters. The number of nitrogens with one attached hydrogen (secondary N) is 1. The third-order valence-electron chi connectivity index (χ3n) is 6.05. The van der Waals surface area contributed by atoms with Gasteiger partial charge in [0.25, 0.3) is 0 Å². The number of nitrogens with zero attached hydrogens (tertiary/aromatic N) is 4. The van der Waals surface area contributed by atoms with E-state index in [0.29, 0.717) is 11.7 Å². The zero-order valence-corrected chi connectivity index (χ0v) is 20.4. The molecule has 1 aliphatic rings. The van der Waals surface area contributed by atoms with Gasteiger partial charge in [0.2, 0.25) is 5.91 Å². The van der Waals surface area contributed by atoms with Gasteiger partial charge in [0.15, 0.2) is 11.0 Å². The van der Waals surface area contributed by atoms with Crippen molar-refractivity contribution in [1.29, 1.82) is 0 Å². The molecule has 1 saturated heterocycles. The number of rotatable bonds is 10. The van der Waals surface area contributed by atoms with Gasteiger partial charge in [-0.1, -0.05) is 48.5 Å².